The van der Waals surface area contributed by atoms with Crippen LogP contribution in [0.1, 0.15) is 68.6 Å². The fourth-order valence-electron chi connectivity index (χ4n) is 2.34. The highest BCUT2D eigenvalue weighted by Crippen LogP contribution is 2.24. The maximum atomic E-state index is 2.36. The molecule has 0 nitrogen and oxygen atoms in total. The van der Waals surface area contributed by atoms with Gasteiger partial charge in [0.15, 0.2) is 0 Å². The Labute approximate surface area is 101 Å². The van der Waals surface area contributed by atoms with Crippen LogP contribution in [0.5, 0.6) is 0 Å². The molecule has 0 heterocycles. The lowest BCUT2D eigenvalue weighted by Gasteiger charge is -2.13. The molecule has 0 fully saturated rings. The van der Waals surface area contributed by atoms with Crippen LogP contribution in [-0.2, 0) is 0 Å². The molecule has 1 atom stereocenters. The van der Waals surface area contributed by atoms with Crippen LogP contribution >= 0.6 is 0 Å². The number of aryl methyl sites for hydroxylation is 2. The molecule has 0 amide bonds. The molecule has 1 rings (SSSR count). The average Bonchev–Trinajstić information content (AvgIpc) is 2.22. The lowest BCUT2D eigenvalue weighted by Crippen LogP contribution is -1.95. The summed E-state index contributed by atoms with van der Waals surface area (Å²) in [5.74, 6) is 0.718. The van der Waals surface area contributed by atoms with E-state index in [0.29, 0.717) is 0 Å². The summed E-state index contributed by atoms with van der Waals surface area (Å²) < 4.78 is 0. The number of unbranched alkanes of at least 4 members (excludes halogenated alkanes) is 3. The quantitative estimate of drug-likeness (QED) is 0.562. The average molecular weight is 218 g/mol. The van der Waals surface area contributed by atoms with E-state index < -0.39 is 0 Å². The van der Waals surface area contributed by atoms with Gasteiger partial charge in [-0.3, -0.25) is 0 Å². The van der Waals surface area contributed by atoms with Crippen LogP contribution in [0.25, 0.3) is 0 Å². The molecule has 0 bridgehead atoms. The zero-order valence-electron chi connectivity index (χ0n) is 11.3. The molecule has 0 saturated carbocycles. The van der Waals surface area contributed by atoms with Gasteiger partial charge in [-0.05, 0) is 31.7 Å². The molecule has 0 heteroatoms. The van der Waals surface area contributed by atoms with Crippen molar-refractivity contribution < 1.29 is 0 Å². The van der Waals surface area contributed by atoms with Crippen molar-refractivity contribution in [3.05, 3.63) is 34.9 Å². The Hall–Kier alpha value is -0.780. The molecule has 0 saturated heterocycles. The lowest BCUT2D eigenvalue weighted by atomic mass is 9.92. The molecule has 1 aromatic carbocycles. The molecule has 0 aliphatic carbocycles. The van der Waals surface area contributed by atoms with Crippen molar-refractivity contribution >= 4 is 0 Å². The summed E-state index contributed by atoms with van der Waals surface area (Å²) >= 11 is 0. The van der Waals surface area contributed by atoms with Crippen molar-refractivity contribution in [3.63, 3.8) is 0 Å². The van der Waals surface area contributed by atoms with E-state index in [0.717, 1.165) is 5.92 Å². The van der Waals surface area contributed by atoms with Crippen molar-refractivity contribution in [2.75, 3.05) is 0 Å². The normalized spacial score (nSPS) is 12.8. The SMILES string of the molecule is CCCCCCC(C)c1cc(C)cc(C)c1. The zero-order chi connectivity index (χ0) is 12.0. The van der Waals surface area contributed by atoms with Crippen LogP contribution in [-0.4, -0.2) is 0 Å². The second kappa shape index (κ2) is 6.73. The van der Waals surface area contributed by atoms with E-state index >= 15 is 0 Å². The first-order valence-corrected chi connectivity index (χ1v) is 6.71. The van der Waals surface area contributed by atoms with E-state index in [9.17, 15) is 0 Å². The molecule has 0 aromatic heterocycles. The summed E-state index contributed by atoms with van der Waals surface area (Å²) in [7, 11) is 0. The highest BCUT2D eigenvalue weighted by atomic mass is 14.1. The Morgan fingerprint density at radius 3 is 2.12 bits per heavy atom. The second-order valence-electron chi connectivity index (χ2n) is 5.17. The molecule has 0 N–H and O–H groups in total. The highest BCUT2D eigenvalue weighted by molar-refractivity contribution is 5.30. The topological polar surface area (TPSA) is 0 Å². The predicted molar refractivity (Wildman–Crippen MR) is 73.1 cm³/mol. The van der Waals surface area contributed by atoms with Crippen LogP contribution in [0.3, 0.4) is 0 Å². The maximum absolute atomic E-state index is 2.36. The Morgan fingerprint density at radius 1 is 0.938 bits per heavy atom. The van der Waals surface area contributed by atoms with Gasteiger partial charge in [0.2, 0.25) is 0 Å². The molecule has 1 unspecified atom stereocenters. The third-order valence-electron chi connectivity index (χ3n) is 3.30. The fourth-order valence-corrected chi connectivity index (χ4v) is 2.34. The minimum atomic E-state index is 0.718. The molecule has 0 radical (unpaired) electrons. The second-order valence-corrected chi connectivity index (χ2v) is 5.17. The monoisotopic (exact) mass is 218 g/mol. The Balaban J connectivity index is 2.48. The van der Waals surface area contributed by atoms with Gasteiger partial charge < -0.3 is 0 Å². The first-order chi connectivity index (χ1) is 7.63. The standard InChI is InChI=1S/C16H26/c1-5-6-7-8-9-15(4)16-11-13(2)10-14(3)12-16/h10-12,15H,5-9H2,1-4H3. The van der Waals surface area contributed by atoms with Crippen LogP contribution in [0, 0.1) is 13.8 Å². The summed E-state index contributed by atoms with van der Waals surface area (Å²) in [4.78, 5) is 0. The number of rotatable bonds is 6. The largest absolute Gasteiger partial charge is 0.0654 e. The van der Waals surface area contributed by atoms with E-state index in [1.54, 1.807) is 0 Å². The molecule has 16 heavy (non-hydrogen) atoms. The van der Waals surface area contributed by atoms with E-state index in [1.165, 1.54) is 48.8 Å². The lowest BCUT2D eigenvalue weighted by molar-refractivity contribution is 0.579. The number of benzene rings is 1. The van der Waals surface area contributed by atoms with E-state index in [1.807, 2.05) is 0 Å². The fraction of sp³-hybridized carbons (Fsp3) is 0.625. The molecule has 1 aromatic rings. The Bertz CT molecular complexity index is 292. The van der Waals surface area contributed by atoms with Crippen molar-refractivity contribution in [1.29, 1.82) is 0 Å². The highest BCUT2D eigenvalue weighted by Gasteiger charge is 2.06. The van der Waals surface area contributed by atoms with Gasteiger partial charge in [-0.15, -0.1) is 0 Å². The summed E-state index contributed by atoms with van der Waals surface area (Å²) in [6.45, 7) is 9.02. The van der Waals surface area contributed by atoms with E-state index in [2.05, 4.69) is 45.9 Å². The third kappa shape index (κ3) is 4.38. The van der Waals surface area contributed by atoms with Gasteiger partial charge >= 0.3 is 0 Å². The van der Waals surface area contributed by atoms with Crippen molar-refractivity contribution in [2.24, 2.45) is 0 Å². The third-order valence-corrected chi connectivity index (χ3v) is 3.30. The smallest absolute Gasteiger partial charge is 0.0190 e. The van der Waals surface area contributed by atoms with Crippen LogP contribution in [0.2, 0.25) is 0 Å². The summed E-state index contributed by atoms with van der Waals surface area (Å²) in [5, 5.41) is 0. The van der Waals surface area contributed by atoms with Gasteiger partial charge in [-0.25, -0.2) is 0 Å². The van der Waals surface area contributed by atoms with Gasteiger partial charge in [0.25, 0.3) is 0 Å². The minimum Gasteiger partial charge on any atom is -0.0654 e. The van der Waals surface area contributed by atoms with E-state index in [-0.39, 0.29) is 0 Å². The zero-order valence-corrected chi connectivity index (χ0v) is 11.3. The van der Waals surface area contributed by atoms with Crippen LogP contribution in [0.15, 0.2) is 18.2 Å². The summed E-state index contributed by atoms with van der Waals surface area (Å²) in [6, 6.07) is 6.95. The molecule has 0 aliphatic rings. The summed E-state index contributed by atoms with van der Waals surface area (Å²) in [5.41, 5.74) is 4.32. The molecular formula is C16H26. The van der Waals surface area contributed by atoms with E-state index in [4.69, 9.17) is 0 Å². The molecule has 0 spiro atoms. The van der Waals surface area contributed by atoms with Gasteiger partial charge in [0.1, 0.15) is 0 Å². The van der Waals surface area contributed by atoms with Gasteiger partial charge in [0, 0.05) is 0 Å². The van der Waals surface area contributed by atoms with Crippen LogP contribution in [0.4, 0.5) is 0 Å². The van der Waals surface area contributed by atoms with Gasteiger partial charge in [0.05, 0.1) is 0 Å². The molecular weight excluding hydrogens is 192 g/mol. The number of hydrogen-bond donors (Lipinski definition) is 0. The first-order valence-electron chi connectivity index (χ1n) is 6.71. The first kappa shape index (κ1) is 13.3. The van der Waals surface area contributed by atoms with Gasteiger partial charge in [-0.2, -0.15) is 0 Å². The van der Waals surface area contributed by atoms with Crippen molar-refractivity contribution in [3.8, 4) is 0 Å². The Kier molecular flexibility index (Phi) is 5.59. The molecule has 90 valence electrons. The van der Waals surface area contributed by atoms with Crippen molar-refractivity contribution in [2.45, 2.75) is 65.7 Å². The predicted octanol–water partition coefficient (Wildman–Crippen LogP) is 5.38. The summed E-state index contributed by atoms with van der Waals surface area (Å²) in [6.07, 6.45) is 6.83. The molecule has 0 aliphatic heterocycles. The maximum Gasteiger partial charge on any atom is -0.0190 e. The van der Waals surface area contributed by atoms with Crippen molar-refractivity contribution in [1.82, 2.24) is 0 Å². The Morgan fingerprint density at radius 2 is 1.56 bits per heavy atom. The number of hydrogen-bond acceptors (Lipinski definition) is 0. The minimum absolute atomic E-state index is 0.718. The van der Waals surface area contributed by atoms with Crippen LogP contribution < -0.4 is 0 Å². The van der Waals surface area contributed by atoms with Gasteiger partial charge in [-0.1, -0.05) is 68.9 Å².